The third-order valence-corrected chi connectivity index (χ3v) is 3.66. The Morgan fingerprint density at radius 2 is 2.00 bits per heavy atom. The molecule has 0 saturated carbocycles. The fourth-order valence-corrected chi connectivity index (χ4v) is 2.47. The predicted octanol–water partition coefficient (Wildman–Crippen LogP) is 4.02. The molecule has 0 aromatic heterocycles. The lowest BCUT2D eigenvalue weighted by Gasteiger charge is -2.32. The number of nitrogens with one attached hydrogen (secondary N) is 1. The van der Waals surface area contributed by atoms with Crippen molar-refractivity contribution in [3.05, 3.63) is 28.2 Å². The van der Waals surface area contributed by atoms with Crippen molar-refractivity contribution in [2.24, 2.45) is 5.41 Å². The summed E-state index contributed by atoms with van der Waals surface area (Å²) in [6.45, 7) is 9.94. The molecule has 2 nitrogen and oxygen atoms in total. The first-order valence-corrected chi connectivity index (χ1v) is 7.23. The fraction of sp³-hybridized carbons (Fsp3) is 0.600. The van der Waals surface area contributed by atoms with E-state index in [-0.39, 0.29) is 5.41 Å². The van der Waals surface area contributed by atoms with Crippen LogP contribution in [0.3, 0.4) is 0 Å². The minimum atomic E-state index is 0.226. The monoisotopic (exact) mass is 313 g/mol. The largest absolute Gasteiger partial charge is 0.496 e. The topological polar surface area (TPSA) is 21.3 Å². The Labute approximate surface area is 119 Å². The molecule has 1 atom stereocenters. The molecule has 0 fully saturated rings. The number of benzene rings is 1. The molecule has 0 aliphatic heterocycles. The molecule has 1 N–H and O–H groups in total. The molecule has 102 valence electrons. The van der Waals surface area contributed by atoms with Gasteiger partial charge in [-0.2, -0.15) is 0 Å². The second-order valence-corrected chi connectivity index (χ2v) is 6.55. The van der Waals surface area contributed by atoms with Gasteiger partial charge in [-0.05, 0) is 42.1 Å². The van der Waals surface area contributed by atoms with Crippen molar-refractivity contribution in [3.63, 3.8) is 0 Å². The highest BCUT2D eigenvalue weighted by atomic mass is 79.9. The maximum absolute atomic E-state index is 5.44. The highest BCUT2D eigenvalue weighted by molar-refractivity contribution is 9.10. The number of ether oxygens (including phenoxy) is 1. The van der Waals surface area contributed by atoms with E-state index in [1.807, 2.05) is 12.1 Å². The molecular formula is C15H24BrNO. The summed E-state index contributed by atoms with van der Waals surface area (Å²) < 4.78 is 6.54. The second-order valence-electron chi connectivity index (χ2n) is 5.64. The van der Waals surface area contributed by atoms with Crippen LogP contribution in [0.5, 0.6) is 5.75 Å². The molecule has 3 heteroatoms. The van der Waals surface area contributed by atoms with E-state index in [1.165, 1.54) is 5.56 Å². The van der Waals surface area contributed by atoms with Gasteiger partial charge in [0.2, 0.25) is 0 Å². The molecule has 0 amide bonds. The summed E-state index contributed by atoms with van der Waals surface area (Å²) in [5.41, 5.74) is 1.47. The molecule has 0 radical (unpaired) electrons. The molecule has 0 bridgehead atoms. The van der Waals surface area contributed by atoms with Gasteiger partial charge >= 0.3 is 0 Å². The number of hydrogen-bond donors (Lipinski definition) is 1. The molecule has 0 aliphatic carbocycles. The summed E-state index contributed by atoms with van der Waals surface area (Å²) in [4.78, 5) is 0. The third-order valence-electron chi connectivity index (χ3n) is 3.16. The minimum Gasteiger partial charge on any atom is -0.496 e. The second kappa shape index (κ2) is 6.58. The van der Waals surface area contributed by atoms with Crippen LogP contribution < -0.4 is 10.1 Å². The minimum absolute atomic E-state index is 0.226. The molecule has 0 aliphatic rings. The van der Waals surface area contributed by atoms with Crippen LogP contribution in [0.15, 0.2) is 22.7 Å². The Balaban J connectivity index is 2.96. The smallest absolute Gasteiger partial charge is 0.122 e. The number of halogens is 1. The van der Waals surface area contributed by atoms with Crippen LogP contribution in [0.2, 0.25) is 0 Å². The van der Waals surface area contributed by atoms with E-state index < -0.39 is 0 Å². The van der Waals surface area contributed by atoms with E-state index in [1.54, 1.807) is 7.11 Å². The maximum atomic E-state index is 5.44. The van der Waals surface area contributed by atoms with Crippen LogP contribution in [-0.2, 0) is 6.42 Å². The summed E-state index contributed by atoms with van der Waals surface area (Å²) in [6, 6.07) is 6.62. The summed E-state index contributed by atoms with van der Waals surface area (Å²) in [5.74, 6) is 0.963. The van der Waals surface area contributed by atoms with Crippen molar-refractivity contribution in [1.82, 2.24) is 5.32 Å². The molecule has 18 heavy (non-hydrogen) atoms. The van der Waals surface area contributed by atoms with Gasteiger partial charge in [0.25, 0.3) is 0 Å². The number of rotatable bonds is 5. The zero-order valence-electron chi connectivity index (χ0n) is 12.0. The summed E-state index contributed by atoms with van der Waals surface area (Å²) in [6.07, 6.45) is 0.972. The maximum Gasteiger partial charge on any atom is 0.122 e. The number of methoxy groups -OCH3 is 1. The Morgan fingerprint density at radius 1 is 1.33 bits per heavy atom. The summed E-state index contributed by atoms with van der Waals surface area (Å²) >= 11 is 3.53. The van der Waals surface area contributed by atoms with Crippen molar-refractivity contribution in [3.8, 4) is 5.75 Å². The highest BCUT2D eigenvalue weighted by Gasteiger charge is 2.24. The number of likely N-dealkylation sites (N-methyl/N-ethyl adjacent to an activating group) is 1. The van der Waals surface area contributed by atoms with Crippen LogP contribution in [0.1, 0.15) is 33.3 Å². The Bertz CT molecular complexity index is 385. The van der Waals surface area contributed by atoms with Gasteiger partial charge in [-0.1, -0.05) is 43.6 Å². The van der Waals surface area contributed by atoms with Gasteiger partial charge in [-0.15, -0.1) is 0 Å². The standard InChI is InChI=1S/C15H24BrNO/c1-6-17-14(15(2,3)4)10-11-9-12(16)7-8-13(11)18-5/h7-9,14,17H,6,10H2,1-5H3. The SMILES string of the molecule is CCNC(Cc1cc(Br)ccc1OC)C(C)(C)C. The van der Waals surface area contributed by atoms with E-state index in [9.17, 15) is 0 Å². The number of hydrogen-bond acceptors (Lipinski definition) is 2. The van der Waals surface area contributed by atoms with Crippen LogP contribution in [0.25, 0.3) is 0 Å². The van der Waals surface area contributed by atoms with Crippen LogP contribution in [-0.4, -0.2) is 19.7 Å². The Morgan fingerprint density at radius 3 is 2.50 bits per heavy atom. The highest BCUT2D eigenvalue weighted by Crippen LogP contribution is 2.28. The van der Waals surface area contributed by atoms with Gasteiger partial charge < -0.3 is 10.1 Å². The predicted molar refractivity (Wildman–Crippen MR) is 81.3 cm³/mol. The zero-order chi connectivity index (χ0) is 13.8. The summed E-state index contributed by atoms with van der Waals surface area (Å²) in [5, 5.41) is 3.57. The van der Waals surface area contributed by atoms with Gasteiger partial charge in [0.15, 0.2) is 0 Å². The van der Waals surface area contributed by atoms with E-state index in [0.717, 1.165) is 23.2 Å². The van der Waals surface area contributed by atoms with Crippen LogP contribution in [0.4, 0.5) is 0 Å². The van der Waals surface area contributed by atoms with Gasteiger partial charge in [0.1, 0.15) is 5.75 Å². The molecule has 0 spiro atoms. The molecule has 1 aromatic rings. The van der Waals surface area contributed by atoms with Gasteiger partial charge in [-0.3, -0.25) is 0 Å². The van der Waals surface area contributed by atoms with Crippen molar-refractivity contribution in [2.45, 2.75) is 40.2 Å². The van der Waals surface area contributed by atoms with Crippen molar-refractivity contribution >= 4 is 15.9 Å². The van der Waals surface area contributed by atoms with E-state index in [2.05, 4.69) is 55.0 Å². The van der Waals surface area contributed by atoms with Crippen LogP contribution in [0, 0.1) is 5.41 Å². The van der Waals surface area contributed by atoms with Crippen LogP contribution >= 0.6 is 15.9 Å². The third kappa shape index (κ3) is 4.29. The fourth-order valence-electron chi connectivity index (χ4n) is 2.06. The lowest BCUT2D eigenvalue weighted by atomic mass is 9.83. The quantitative estimate of drug-likeness (QED) is 0.886. The van der Waals surface area contributed by atoms with Crippen molar-refractivity contribution in [1.29, 1.82) is 0 Å². The van der Waals surface area contributed by atoms with Gasteiger partial charge in [-0.25, -0.2) is 0 Å². The zero-order valence-corrected chi connectivity index (χ0v) is 13.6. The van der Waals surface area contributed by atoms with Gasteiger partial charge in [0.05, 0.1) is 7.11 Å². The lowest BCUT2D eigenvalue weighted by Crippen LogP contribution is -2.41. The molecule has 1 aromatic carbocycles. The molecular weight excluding hydrogens is 290 g/mol. The first-order chi connectivity index (χ1) is 8.38. The Kier molecular flexibility index (Phi) is 5.67. The molecule has 1 unspecified atom stereocenters. The van der Waals surface area contributed by atoms with Crippen molar-refractivity contribution < 1.29 is 4.74 Å². The lowest BCUT2D eigenvalue weighted by molar-refractivity contribution is 0.267. The average Bonchev–Trinajstić information content (AvgIpc) is 2.27. The van der Waals surface area contributed by atoms with E-state index in [0.29, 0.717) is 6.04 Å². The van der Waals surface area contributed by atoms with Gasteiger partial charge in [0, 0.05) is 10.5 Å². The van der Waals surface area contributed by atoms with Crippen molar-refractivity contribution in [2.75, 3.05) is 13.7 Å². The summed E-state index contributed by atoms with van der Waals surface area (Å²) in [7, 11) is 1.73. The average molecular weight is 314 g/mol. The van der Waals surface area contributed by atoms with E-state index >= 15 is 0 Å². The molecule has 0 heterocycles. The first kappa shape index (κ1) is 15.5. The first-order valence-electron chi connectivity index (χ1n) is 6.44. The molecule has 1 rings (SSSR count). The Hall–Kier alpha value is -0.540. The molecule has 0 saturated heterocycles. The van der Waals surface area contributed by atoms with E-state index in [4.69, 9.17) is 4.74 Å². The normalized spacial score (nSPS) is 13.4.